The molecule has 3 rings (SSSR count). The van der Waals surface area contributed by atoms with E-state index in [0.29, 0.717) is 19.7 Å². The summed E-state index contributed by atoms with van der Waals surface area (Å²) in [5.74, 6) is 2.41. The highest BCUT2D eigenvalue weighted by molar-refractivity contribution is 5.36. The fraction of sp³-hybridized carbons (Fsp3) is 0.333. The Balaban J connectivity index is 1.55. The quantitative estimate of drug-likeness (QED) is 0.421. The van der Waals surface area contributed by atoms with E-state index in [-0.39, 0.29) is 12.7 Å². The Morgan fingerprint density at radius 2 is 1.30 bits per heavy atom. The molecule has 3 aromatic carbocycles. The van der Waals surface area contributed by atoms with Crippen molar-refractivity contribution in [2.45, 2.75) is 12.2 Å². The van der Waals surface area contributed by atoms with Crippen LogP contribution < -0.4 is 14.2 Å². The number of ether oxygens (including phenoxy) is 4. The van der Waals surface area contributed by atoms with Gasteiger partial charge in [0.15, 0.2) is 0 Å². The van der Waals surface area contributed by atoms with Crippen molar-refractivity contribution in [3.8, 4) is 17.2 Å². The zero-order valence-corrected chi connectivity index (χ0v) is 19.5. The molecule has 0 fully saturated rings. The van der Waals surface area contributed by atoms with Gasteiger partial charge in [-0.1, -0.05) is 42.5 Å². The smallest absolute Gasteiger partial charge is 0.119 e. The molecule has 3 aromatic rings. The lowest BCUT2D eigenvalue weighted by atomic mass is 10.0. The maximum Gasteiger partial charge on any atom is 0.119 e. The summed E-state index contributed by atoms with van der Waals surface area (Å²) < 4.78 is 22.5. The van der Waals surface area contributed by atoms with E-state index in [1.54, 1.807) is 14.2 Å². The normalized spacial score (nSPS) is 12.1. The summed E-state index contributed by atoms with van der Waals surface area (Å²) >= 11 is 0. The summed E-state index contributed by atoms with van der Waals surface area (Å²) in [6, 6.07) is 25.3. The van der Waals surface area contributed by atoms with Gasteiger partial charge < -0.3 is 29.0 Å². The van der Waals surface area contributed by atoms with Crippen molar-refractivity contribution >= 4 is 0 Å². The number of aliphatic hydroxyl groups is 1. The van der Waals surface area contributed by atoms with E-state index in [9.17, 15) is 5.11 Å². The molecule has 1 unspecified atom stereocenters. The molecule has 0 amide bonds. The highest BCUT2D eigenvalue weighted by Gasteiger charge is 2.18. The first-order chi connectivity index (χ1) is 16.1. The maximum absolute atomic E-state index is 10.6. The molecule has 0 aliphatic heterocycles. The van der Waals surface area contributed by atoms with Crippen LogP contribution in [-0.4, -0.2) is 63.7 Å². The van der Waals surface area contributed by atoms with Gasteiger partial charge in [-0.15, -0.1) is 0 Å². The van der Waals surface area contributed by atoms with Crippen LogP contribution in [0.3, 0.4) is 0 Å². The summed E-state index contributed by atoms with van der Waals surface area (Å²) in [6.07, 6.45) is -0.950. The van der Waals surface area contributed by atoms with Crippen LogP contribution in [0.1, 0.15) is 17.2 Å². The van der Waals surface area contributed by atoms with Gasteiger partial charge in [-0.25, -0.2) is 0 Å². The average Bonchev–Trinajstić information content (AvgIpc) is 2.85. The molecule has 0 saturated carbocycles. The van der Waals surface area contributed by atoms with Gasteiger partial charge in [-0.05, 0) is 54.6 Å². The van der Waals surface area contributed by atoms with E-state index < -0.39 is 6.10 Å². The van der Waals surface area contributed by atoms with Gasteiger partial charge in [0, 0.05) is 13.1 Å². The molecule has 0 spiro atoms. The van der Waals surface area contributed by atoms with Crippen LogP contribution >= 0.6 is 0 Å². The highest BCUT2D eigenvalue weighted by Crippen LogP contribution is 2.29. The number of methoxy groups -OCH3 is 2. The Morgan fingerprint density at radius 1 is 0.758 bits per heavy atom. The van der Waals surface area contributed by atoms with Crippen molar-refractivity contribution in [2.24, 2.45) is 0 Å². The van der Waals surface area contributed by atoms with Gasteiger partial charge in [-0.3, -0.25) is 0 Å². The molecule has 0 aliphatic rings. The Bertz CT molecular complexity index is 883. The molecule has 33 heavy (non-hydrogen) atoms. The third kappa shape index (κ3) is 7.79. The van der Waals surface area contributed by atoms with Crippen molar-refractivity contribution in [2.75, 3.05) is 47.6 Å². The molecule has 0 radical (unpaired) electrons. The lowest BCUT2D eigenvalue weighted by molar-refractivity contribution is -0.00642. The van der Waals surface area contributed by atoms with E-state index in [4.69, 9.17) is 18.9 Å². The molecule has 1 N–H and O–H groups in total. The van der Waals surface area contributed by atoms with Crippen LogP contribution in [0.5, 0.6) is 17.2 Å². The van der Waals surface area contributed by atoms with E-state index in [1.165, 1.54) is 0 Å². The van der Waals surface area contributed by atoms with Gasteiger partial charge >= 0.3 is 0 Å². The average molecular weight is 452 g/mol. The Morgan fingerprint density at radius 3 is 1.82 bits per heavy atom. The summed E-state index contributed by atoms with van der Waals surface area (Å²) in [5, 5.41) is 10.6. The number of hydrogen-bond donors (Lipinski definition) is 1. The molecule has 6 heteroatoms. The Hall–Kier alpha value is -3.06. The highest BCUT2D eigenvalue weighted by atomic mass is 16.5. The zero-order chi connectivity index (χ0) is 23.5. The largest absolute Gasteiger partial charge is 0.497 e. The van der Waals surface area contributed by atoms with Crippen molar-refractivity contribution in [1.82, 2.24) is 4.90 Å². The molecule has 0 heterocycles. The van der Waals surface area contributed by atoms with Gasteiger partial charge in [0.05, 0.1) is 26.9 Å². The summed E-state index contributed by atoms with van der Waals surface area (Å²) in [6.45, 7) is 1.93. The molecular weight excluding hydrogens is 418 g/mol. The van der Waals surface area contributed by atoms with Crippen LogP contribution in [-0.2, 0) is 4.74 Å². The summed E-state index contributed by atoms with van der Waals surface area (Å²) in [4.78, 5) is 2.03. The second kappa shape index (κ2) is 12.8. The molecule has 0 saturated heterocycles. The van der Waals surface area contributed by atoms with Crippen LogP contribution in [0.25, 0.3) is 0 Å². The minimum absolute atomic E-state index is 0.201. The number of rotatable bonds is 13. The molecule has 1 atom stereocenters. The molecule has 0 bridgehead atoms. The number of likely N-dealkylation sites (N-methyl/N-ethyl adjacent to an activating group) is 1. The third-order valence-corrected chi connectivity index (χ3v) is 5.30. The van der Waals surface area contributed by atoms with Crippen LogP contribution in [0, 0.1) is 0 Å². The van der Waals surface area contributed by atoms with Gasteiger partial charge in [0.25, 0.3) is 0 Å². The fourth-order valence-corrected chi connectivity index (χ4v) is 3.49. The Kier molecular flexibility index (Phi) is 9.57. The van der Waals surface area contributed by atoms with Gasteiger partial charge in [0.1, 0.15) is 30.0 Å². The summed E-state index contributed by atoms with van der Waals surface area (Å²) in [7, 11) is 5.25. The van der Waals surface area contributed by atoms with Crippen molar-refractivity contribution in [3.05, 3.63) is 90.0 Å². The van der Waals surface area contributed by atoms with Crippen molar-refractivity contribution < 1.29 is 24.1 Å². The van der Waals surface area contributed by atoms with E-state index in [2.05, 4.69) is 0 Å². The molecular formula is C27H33NO5. The lowest BCUT2D eigenvalue weighted by Crippen LogP contribution is -2.35. The second-order valence-corrected chi connectivity index (χ2v) is 7.84. The molecule has 0 aromatic heterocycles. The van der Waals surface area contributed by atoms with E-state index >= 15 is 0 Å². The van der Waals surface area contributed by atoms with Crippen molar-refractivity contribution in [1.29, 1.82) is 0 Å². The van der Waals surface area contributed by atoms with Crippen LogP contribution in [0.2, 0.25) is 0 Å². The first kappa shape index (κ1) is 24.6. The zero-order valence-electron chi connectivity index (χ0n) is 19.5. The number of benzene rings is 3. The number of nitrogens with zero attached hydrogens (tertiary/aromatic N) is 1. The van der Waals surface area contributed by atoms with E-state index in [0.717, 1.165) is 28.4 Å². The van der Waals surface area contributed by atoms with Gasteiger partial charge in [0.2, 0.25) is 0 Å². The maximum atomic E-state index is 10.6. The van der Waals surface area contributed by atoms with Crippen molar-refractivity contribution in [3.63, 3.8) is 0 Å². The standard InChI is InChI=1S/C27H33NO5/c1-28(17-18-32-26-7-5-4-6-8-26)19-23(29)20-33-27(21-9-13-24(30-2)14-10-21)22-11-15-25(31-3)16-12-22/h4-16,23,27,29H,17-20H2,1-3H3. The first-order valence-corrected chi connectivity index (χ1v) is 11.0. The fourth-order valence-electron chi connectivity index (χ4n) is 3.49. The Labute approximate surface area is 196 Å². The predicted molar refractivity (Wildman–Crippen MR) is 129 cm³/mol. The van der Waals surface area contributed by atoms with Gasteiger partial charge in [-0.2, -0.15) is 0 Å². The number of aliphatic hydroxyl groups excluding tert-OH is 1. The lowest BCUT2D eigenvalue weighted by Gasteiger charge is -2.24. The topological polar surface area (TPSA) is 60.4 Å². The predicted octanol–water partition coefficient (Wildman–Crippen LogP) is 4.18. The SMILES string of the molecule is COc1ccc(C(OCC(O)CN(C)CCOc2ccccc2)c2ccc(OC)cc2)cc1. The summed E-state index contributed by atoms with van der Waals surface area (Å²) in [5.41, 5.74) is 1.97. The minimum Gasteiger partial charge on any atom is -0.497 e. The molecule has 6 nitrogen and oxygen atoms in total. The third-order valence-electron chi connectivity index (χ3n) is 5.30. The monoisotopic (exact) mass is 451 g/mol. The minimum atomic E-state index is -0.634. The molecule has 0 aliphatic carbocycles. The first-order valence-electron chi connectivity index (χ1n) is 11.0. The number of hydrogen-bond acceptors (Lipinski definition) is 6. The second-order valence-electron chi connectivity index (χ2n) is 7.84. The number of para-hydroxylation sites is 1. The van der Waals surface area contributed by atoms with Crippen LogP contribution in [0.15, 0.2) is 78.9 Å². The molecule has 176 valence electrons. The van der Waals surface area contributed by atoms with Crippen LogP contribution in [0.4, 0.5) is 0 Å². The van der Waals surface area contributed by atoms with E-state index in [1.807, 2.05) is 90.8 Å².